The second kappa shape index (κ2) is 6.10. The molecule has 3 rings (SSSR count). The topological polar surface area (TPSA) is 48.7 Å². The van der Waals surface area contributed by atoms with E-state index in [4.69, 9.17) is 0 Å². The fraction of sp³-hybridized carbons (Fsp3) is 0.200. The number of nitrogens with zero attached hydrogens (tertiary/aromatic N) is 2. The third-order valence-electron chi connectivity index (χ3n) is 4.06. The van der Waals surface area contributed by atoms with Crippen molar-refractivity contribution in [1.29, 1.82) is 5.26 Å². The molecular weight excluding hydrogens is 282 g/mol. The molecule has 3 nitrogen and oxygen atoms in total. The Morgan fingerprint density at radius 3 is 2.70 bits per heavy atom. The van der Waals surface area contributed by atoms with Gasteiger partial charge in [0.05, 0.1) is 11.1 Å². The predicted molar refractivity (Wildman–Crippen MR) is 94.4 cm³/mol. The molecule has 0 unspecified atom stereocenters. The van der Waals surface area contributed by atoms with Gasteiger partial charge in [0.2, 0.25) is 0 Å². The van der Waals surface area contributed by atoms with E-state index in [1.807, 2.05) is 31.2 Å². The smallest absolute Gasteiger partial charge is 0.101 e. The monoisotopic (exact) mass is 301 g/mol. The first-order chi connectivity index (χ1) is 11.1. The first-order valence-corrected chi connectivity index (χ1v) is 7.69. The van der Waals surface area contributed by atoms with Crippen LogP contribution in [-0.2, 0) is 6.54 Å². The summed E-state index contributed by atoms with van der Waals surface area (Å²) >= 11 is 0. The Hall–Kier alpha value is -2.86. The van der Waals surface area contributed by atoms with Crippen molar-refractivity contribution in [3.05, 3.63) is 70.4 Å². The minimum atomic E-state index is 0.612. The fourth-order valence-corrected chi connectivity index (χ4v) is 2.79. The molecule has 0 bridgehead atoms. The second-order valence-electron chi connectivity index (χ2n) is 5.91. The predicted octanol–water partition coefficient (Wildman–Crippen LogP) is 4.64. The molecule has 3 aromatic rings. The van der Waals surface area contributed by atoms with E-state index in [9.17, 15) is 5.26 Å². The van der Waals surface area contributed by atoms with Gasteiger partial charge in [-0.15, -0.1) is 0 Å². The summed E-state index contributed by atoms with van der Waals surface area (Å²) in [4.78, 5) is 4.53. The second-order valence-corrected chi connectivity index (χ2v) is 5.91. The number of nitrogens with one attached hydrogen (secondary N) is 1. The Morgan fingerprint density at radius 1 is 1.09 bits per heavy atom. The molecule has 0 saturated heterocycles. The van der Waals surface area contributed by atoms with Crippen LogP contribution in [0, 0.1) is 32.1 Å². The van der Waals surface area contributed by atoms with Gasteiger partial charge in [0.15, 0.2) is 0 Å². The maximum Gasteiger partial charge on any atom is 0.101 e. The molecule has 1 N–H and O–H groups in total. The van der Waals surface area contributed by atoms with E-state index < -0.39 is 0 Å². The molecule has 0 amide bonds. The van der Waals surface area contributed by atoms with Gasteiger partial charge >= 0.3 is 0 Å². The number of hydrogen-bond donors (Lipinski definition) is 1. The molecule has 1 aromatic heterocycles. The zero-order chi connectivity index (χ0) is 16.4. The number of benzene rings is 2. The lowest BCUT2D eigenvalue weighted by molar-refractivity contribution is 1.11. The highest BCUT2D eigenvalue weighted by Crippen LogP contribution is 2.26. The van der Waals surface area contributed by atoms with Crippen LogP contribution in [0.3, 0.4) is 0 Å². The molecule has 0 fully saturated rings. The highest BCUT2D eigenvalue weighted by Gasteiger charge is 2.08. The summed E-state index contributed by atoms with van der Waals surface area (Å²) in [5, 5.41) is 13.8. The molecule has 0 aliphatic carbocycles. The van der Waals surface area contributed by atoms with Crippen LogP contribution in [0.2, 0.25) is 0 Å². The van der Waals surface area contributed by atoms with Gasteiger partial charge in [-0.25, -0.2) is 0 Å². The van der Waals surface area contributed by atoms with E-state index in [2.05, 4.69) is 48.4 Å². The quantitative estimate of drug-likeness (QED) is 0.766. The van der Waals surface area contributed by atoms with Crippen LogP contribution >= 0.6 is 0 Å². The van der Waals surface area contributed by atoms with Crippen molar-refractivity contribution in [2.24, 2.45) is 0 Å². The summed E-state index contributed by atoms with van der Waals surface area (Å²) in [6.45, 7) is 6.94. The number of rotatable bonds is 3. The summed E-state index contributed by atoms with van der Waals surface area (Å²) in [6.07, 6.45) is 0. The molecule has 0 aliphatic rings. The third-order valence-corrected chi connectivity index (χ3v) is 4.06. The Kier molecular flexibility index (Phi) is 3.99. The summed E-state index contributed by atoms with van der Waals surface area (Å²) in [5.74, 6) is 0. The maximum atomic E-state index is 9.28. The number of hydrogen-bond acceptors (Lipinski definition) is 3. The van der Waals surface area contributed by atoms with Crippen molar-refractivity contribution < 1.29 is 0 Å². The van der Waals surface area contributed by atoms with E-state index in [1.54, 1.807) is 0 Å². The zero-order valence-electron chi connectivity index (χ0n) is 13.6. The van der Waals surface area contributed by atoms with Gasteiger partial charge in [0, 0.05) is 23.3 Å². The van der Waals surface area contributed by atoms with Crippen LogP contribution in [0.1, 0.15) is 27.9 Å². The number of nitriles is 1. The largest absolute Gasteiger partial charge is 0.380 e. The van der Waals surface area contributed by atoms with Crippen LogP contribution in [0.15, 0.2) is 42.5 Å². The average Bonchev–Trinajstić information content (AvgIpc) is 2.54. The van der Waals surface area contributed by atoms with Crippen molar-refractivity contribution in [2.75, 3.05) is 5.32 Å². The van der Waals surface area contributed by atoms with Crippen LogP contribution in [-0.4, -0.2) is 4.98 Å². The highest BCUT2D eigenvalue weighted by molar-refractivity contribution is 5.94. The van der Waals surface area contributed by atoms with Crippen molar-refractivity contribution in [3.8, 4) is 6.07 Å². The molecule has 0 spiro atoms. The molecule has 0 atom stereocenters. The van der Waals surface area contributed by atoms with Crippen molar-refractivity contribution in [3.63, 3.8) is 0 Å². The van der Waals surface area contributed by atoms with E-state index in [1.165, 1.54) is 16.7 Å². The maximum absolute atomic E-state index is 9.28. The molecule has 0 aliphatic heterocycles. The number of anilines is 1. The third kappa shape index (κ3) is 3.02. The lowest BCUT2D eigenvalue weighted by Crippen LogP contribution is -2.03. The van der Waals surface area contributed by atoms with E-state index in [0.29, 0.717) is 5.56 Å². The SMILES string of the molecule is Cc1ccc(C)c(CNc2cc(C)nc3c(C#N)cccc23)c1. The van der Waals surface area contributed by atoms with Crippen LogP contribution in [0.25, 0.3) is 10.9 Å². The van der Waals surface area contributed by atoms with Gasteiger partial charge in [-0.3, -0.25) is 4.98 Å². The molecule has 23 heavy (non-hydrogen) atoms. The van der Waals surface area contributed by atoms with Gasteiger partial charge in [-0.1, -0.05) is 35.9 Å². The molecule has 2 aromatic carbocycles. The lowest BCUT2D eigenvalue weighted by Gasteiger charge is -2.13. The number of fused-ring (bicyclic) bond motifs is 1. The van der Waals surface area contributed by atoms with Crippen molar-refractivity contribution in [2.45, 2.75) is 27.3 Å². The van der Waals surface area contributed by atoms with Crippen LogP contribution < -0.4 is 5.32 Å². The summed E-state index contributed by atoms with van der Waals surface area (Å²) in [6, 6.07) is 16.5. The lowest BCUT2D eigenvalue weighted by atomic mass is 10.0. The minimum absolute atomic E-state index is 0.612. The minimum Gasteiger partial charge on any atom is -0.380 e. The Labute approximate surface area is 136 Å². The highest BCUT2D eigenvalue weighted by atomic mass is 14.9. The van der Waals surface area contributed by atoms with Crippen LogP contribution in [0.4, 0.5) is 5.69 Å². The number of para-hydroxylation sites is 1. The Balaban J connectivity index is 2.00. The van der Waals surface area contributed by atoms with Gasteiger partial charge in [-0.2, -0.15) is 5.26 Å². The van der Waals surface area contributed by atoms with Gasteiger partial charge in [-0.05, 0) is 44.0 Å². The first kappa shape index (κ1) is 15.1. The van der Waals surface area contributed by atoms with E-state index >= 15 is 0 Å². The number of aromatic nitrogens is 1. The standard InChI is InChI=1S/C20H19N3/c1-13-7-8-14(2)17(9-13)12-22-19-10-15(3)23-20-16(11-21)5-4-6-18(19)20/h4-10H,12H2,1-3H3,(H,22,23). The van der Waals surface area contributed by atoms with Crippen molar-refractivity contribution >= 4 is 16.6 Å². The van der Waals surface area contributed by atoms with Gasteiger partial charge in [0.1, 0.15) is 6.07 Å². The van der Waals surface area contributed by atoms with E-state index in [0.717, 1.165) is 28.8 Å². The average molecular weight is 301 g/mol. The van der Waals surface area contributed by atoms with E-state index in [-0.39, 0.29) is 0 Å². The normalized spacial score (nSPS) is 10.5. The molecule has 3 heteroatoms. The molecule has 114 valence electrons. The summed E-state index contributed by atoms with van der Waals surface area (Å²) in [7, 11) is 0. The fourth-order valence-electron chi connectivity index (χ4n) is 2.79. The summed E-state index contributed by atoms with van der Waals surface area (Å²) < 4.78 is 0. The molecule has 0 saturated carbocycles. The number of pyridine rings is 1. The van der Waals surface area contributed by atoms with Gasteiger partial charge < -0.3 is 5.32 Å². The van der Waals surface area contributed by atoms with Crippen LogP contribution in [0.5, 0.6) is 0 Å². The first-order valence-electron chi connectivity index (χ1n) is 7.69. The Bertz CT molecular complexity index is 920. The van der Waals surface area contributed by atoms with Gasteiger partial charge in [0.25, 0.3) is 0 Å². The zero-order valence-corrected chi connectivity index (χ0v) is 13.6. The molecule has 0 radical (unpaired) electrons. The number of aryl methyl sites for hydroxylation is 3. The van der Waals surface area contributed by atoms with Crippen molar-refractivity contribution in [1.82, 2.24) is 4.98 Å². The molecular formula is C20H19N3. The molecule has 1 heterocycles. The Morgan fingerprint density at radius 2 is 1.91 bits per heavy atom. The summed E-state index contributed by atoms with van der Waals surface area (Å²) in [5.41, 5.74) is 7.11.